The van der Waals surface area contributed by atoms with Gasteiger partial charge in [0.25, 0.3) is 0 Å². The van der Waals surface area contributed by atoms with Crippen molar-refractivity contribution in [2.45, 2.75) is 48.8 Å². The Hall–Kier alpha value is -2.56. The second-order valence-electron chi connectivity index (χ2n) is 6.91. The summed E-state index contributed by atoms with van der Waals surface area (Å²) in [7, 11) is 0. The molecule has 10 heteroatoms. The van der Waals surface area contributed by atoms with Crippen LogP contribution in [0, 0.1) is 22.7 Å². The zero-order valence-electron chi connectivity index (χ0n) is 15.8. The molecule has 1 aliphatic carbocycles. The van der Waals surface area contributed by atoms with E-state index in [4.69, 9.17) is 0 Å². The average molecular weight is 451 g/mol. The number of rotatable bonds is 5. The zero-order chi connectivity index (χ0) is 21.8. The van der Waals surface area contributed by atoms with Gasteiger partial charge in [0, 0.05) is 0 Å². The minimum atomic E-state index is -4.73. The minimum Gasteiger partial charge on any atom is -0.337 e. The Balaban J connectivity index is 1.86. The van der Waals surface area contributed by atoms with Gasteiger partial charge < -0.3 is 5.32 Å². The molecule has 1 amide bonds. The highest BCUT2D eigenvalue weighted by molar-refractivity contribution is 8.00. The van der Waals surface area contributed by atoms with Crippen LogP contribution < -0.4 is 5.32 Å². The summed E-state index contributed by atoms with van der Waals surface area (Å²) in [4.78, 5) is 17.2. The van der Waals surface area contributed by atoms with Crippen molar-refractivity contribution in [3.63, 3.8) is 0 Å². The Bertz CT molecular complexity index is 1000. The highest BCUT2D eigenvalue weighted by Gasteiger charge is 2.37. The zero-order valence-corrected chi connectivity index (χ0v) is 17.4. The van der Waals surface area contributed by atoms with Gasteiger partial charge in [-0.05, 0) is 30.4 Å². The standard InChI is InChI=1S/C20H17F3N4OS2/c21-20(22,23)14-9-15(16-5-4-8-29-16)26-18(13(14)10-24)30-11-17(28)27-19(12-25)6-2-1-3-7-19/h4-5,8-9H,1-3,6-7,11H2,(H,27,28). The first-order valence-electron chi connectivity index (χ1n) is 9.19. The fourth-order valence-corrected chi connectivity index (χ4v) is 4.85. The highest BCUT2D eigenvalue weighted by atomic mass is 32.2. The van der Waals surface area contributed by atoms with Crippen LogP contribution in [0.3, 0.4) is 0 Å². The molecular formula is C20H17F3N4OS2. The average Bonchev–Trinajstić information content (AvgIpc) is 3.26. The second kappa shape index (κ2) is 9.07. The lowest BCUT2D eigenvalue weighted by Gasteiger charge is -2.31. The van der Waals surface area contributed by atoms with Gasteiger partial charge in [0.05, 0.1) is 33.5 Å². The number of alkyl halides is 3. The summed E-state index contributed by atoms with van der Waals surface area (Å²) in [6.45, 7) is 0. The van der Waals surface area contributed by atoms with Crippen LogP contribution in [0.15, 0.2) is 28.6 Å². The van der Waals surface area contributed by atoms with Crippen LogP contribution in [0.25, 0.3) is 10.6 Å². The van der Waals surface area contributed by atoms with Crippen molar-refractivity contribution >= 4 is 29.0 Å². The molecule has 0 aromatic carbocycles. The number of carbonyl (C=O) groups excluding carboxylic acids is 1. The van der Waals surface area contributed by atoms with E-state index < -0.39 is 28.7 Å². The molecule has 0 unspecified atom stereocenters. The molecule has 1 fully saturated rings. The molecule has 1 saturated carbocycles. The maximum absolute atomic E-state index is 13.5. The van der Waals surface area contributed by atoms with E-state index in [1.807, 2.05) is 0 Å². The van der Waals surface area contributed by atoms with Gasteiger partial charge in [-0.15, -0.1) is 11.3 Å². The first-order chi connectivity index (χ1) is 14.3. The van der Waals surface area contributed by atoms with E-state index in [1.165, 1.54) is 11.3 Å². The minimum absolute atomic E-state index is 0.0972. The number of hydrogen-bond donors (Lipinski definition) is 1. The smallest absolute Gasteiger partial charge is 0.337 e. The molecule has 0 bridgehead atoms. The van der Waals surface area contributed by atoms with Gasteiger partial charge in [0.15, 0.2) is 0 Å². The Labute approximate surface area is 179 Å². The van der Waals surface area contributed by atoms with Crippen molar-refractivity contribution in [2.75, 3.05) is 5.75 Å². The molecule has 1 aliphatic rings. The van der Waals surface area contributed by atoms with E-state index >= 15 is 0 Å². The second-order valence-corrected chi connectivity index (χ2v) is 8.83. The Morgan fingerprint density at radius 3 is 2.60 bits per heavy atom. The molecule has 0 spiro atoms. The number of amides is 1. The first-order valence-corrected chi connectivity index (χ1v) is 11.1. The van der Waals surface area contributed by atoms with E-state index in [2.05, 4.69) is 16.4 Å². The van der Waals surface area contributed by atoms with E-state index in [0.717, 1.165) is 37.1 Å². The third kappa shape index (κ3) is 4.94. The maximum atomic E-state index is 13.5. The summed E-state index contributed by atoms with van der Waals surface area (Å²) in [6, 6.07) is 7.95. The number of pyridine rings is 1. The van der Waals surface area contributed by atoms with Crippen LogP contribution in [-0.2, 0) is 11.0 Å². The molecule has 156 valence electrons. The van der Waals surface area contributed by atoms with Gasteiger partial charge in [-0.1, -0.05) is 37.1 Å². The topological polar surface area (TPSA) is 89.6 Å². The SMILES string of the molecule is N#Cc1c(C(F)(F)F)cc(-c2cccs2)nc1SCC(=O)NC1(C#N)CCCCC1. The van der Waals surface area contributed by atoms with Crippen LogP contribution >= 0.6 is 23.1 Å². The molecule has 0 saturated heterocycles. The summed E-state index contributed by atoms with van der Waals surface area (Å²) < 4.78 is 40.6. The molecule has 2 aromatic heterocycles. The van der Waals surface area contributed by atoms with E-state index in [-0.39, 0.29) is 16.5 Å². The third-order valence-corrected chi connectivity index (χ3v) is 6.68. The van der Waals surface area contributed by atoms with Gasteiger partial charge in [0.2, 0.25) is 5.91 Å². The fourth-order valence-electron chi connectivity index (χ4n) is 3.37. The lowest BCUT2D eigenvalue weighted by atomic mass is 9.83. The van der Waals surface area contributed by atoms with E-state index in [0.29, 0.717) is 17.7 Å². The molecule has 0 aliphatic heterocycles. The molecule has 0 radical (unpaired) electrons. The molecule has 5 nitrogen and oxygen atoms in total. The van der Waals surface area contributed by atoms with Gasteiger partial charge in [-0.25, -0.2) is 4.98 Å². The number of thiophene rings is 1. The number of hydrogen-bond acceptors (Lipinski definition) is 6. The van der Waals surface area contributed by atoms with Gasteiger partial charge in [-0.2, -0.15) is 23.7 Å². The van der Waals surface area contributed by atoms with E-state index in [1.54, 1.807) is 23.6 Å². The molecule has 1 N–H and O–H groups in total. The van der Waals surface area contributed by atoms with Crippen LogP contribution in [0.4, 0.5) is 13.2 Å². The first kappa shape index (κ1) is 22.1. The molecule has 2 aromatic rings. The van der Waals surface area contributed by atoms with Gasteiger partial charge >= 0.3 is 6.18 Å². The normalized spacial score (nSPS) is 15.8. The van der Waals surface area contributed by atoms with Crippen LogP contribution in [-0.4, -0.2) is 22.2 Å². The number of nitrogens with zero attached hydrogens (tertiary/aromatic N) is 3. The van der Waals surface area contributed by atoms with Gasteiger partial charge in [0.1, 0.15) is 16.6 Å². The third-order valence-electron chi connectivity index (χ3n) is 4.82. The predicted molar refractivity (Wildman–Crippen MR) is 108 cm³/mol. The lowest BCUT2D eigenvalue weighted by molar-refractivity contribution is -0.138. The highest BCUT2D eigenvalue weighted by Crippen LogP contribution is 2.38. The maximum Gasteiger partial charge on any atom is 0.417 e. The fraction of sp³-hybridized carbons (Fsp3) is 0.400. The quantitative estimate of drug-likeness (QED) is 0.638. The summed E-state index contributed by atoms with van der Waals surface area (Å²) in [6.07, 6.45) is -0.969. The van der Waals surface area contributed by atoms with Crippen LogP contribution in [0.5, 0.6) is 0 Å². The summed E-state index contributed by atoms with van der Waals surface area (Å²) in [5, 5.41) is 23.1. The van der Waals surface area contributed by atoms with Crippen molar-refractivity contribution in [3.8, 4) is 22.7 Å². The predicted octanol–water partition coefficient (Wildman–Crippen LogP) is 5.14. The van der Waals surface area contributed by atoms with Crippen molar-refractivity contribution in [1.29, 1.82) is 10.5 Å². The summed E-state index contributed by atoms with van der Waals surface area (Å²) >= 11 is 2.00. The molecular weight excluding hydrogens is 433 g/mol. The molecule has 30 heavy (non-hydrogen) atoms. The van der Waals surface area contributed by atoms with Crippen LogP contribution in [0.2, 0.25) is 0 Å². The largest absolute Gasteiger partial charge is 0.417 e. The van der Waals surface area contributed by atoms with E-state index in [9.17, 15) is 28.5 Å². The van der Waals surface area contributed by atoms with Crippen LogP contribution in [0.1, 0.15) is 43.2 Å². The summed E-state index contributed by atoms with van der Waals surface area (Å²) in [5.74, 6) is -0.708. The van der Waals surface area contributed by atoms with Gasteiger partial charge in [-0.3, -0.25) is 4.79 Å². The number of halogens is 3. The van der Waals surface area contributed by atoms with Crippen molar-refractivity contribution in [3.05, 3.63) is 34.7 Å². The van der Waals surface area contributed by atoms with Crippen molar-refractivity contribution in [2.24, 2.45) is 0 Å². The summed E-state index contributed by atoms with van der Waals surface area (Å²) in [5.41, 5.74) is -2.52. The number of thioether (sulfide) groups is 1. The Kier molecular flexibility index (Phi) is 6.69. The number of nitrogens with one attached hydrogen (secondary N) is 1. The Morgan fingerprint density at radius 1 is 1.30 bits per heavy atom. The number of aromatic nitrogens is 1. The number of nitriles is 2. The monoisotopic (exact) mass is 450 g/mol. The molecule has 0 atom stereocenters. The Morgan fingerprint density at radius 2 is 2.03 bits per heavy atom. The lowest BCUT2D eigenvalue weighted by Crippen LogP contribution is -2.49. The number of carbonyl (C=O) groups is 1. The molecule has 2 heterocycles. The molecule has 3 rings (SSSR count). The van der Waals surface area contributed by atoms with Crippen molar-refractivity contribution in [1.82, 2.24) is 10.3 Å². The van der Waals surface area contributed by atoms with Crippen molar-refractivity contribution < 1.29 is 18.0 Å².